The lowest BCUT2D eigenvalue weighted by molar-refractivity contribution is 0.0285. The summed E-state index contributed by atoms with van der Waals surface area (Å²) in [7, 11) is 0. The number of halogens is 1. The van der Waals surface area contributed by atoms with Crippen molar-refractivity contribution in [2.75, 3.05) is 13.2 Å². The Morgan fingerprint density at radius 3 is 2.37 bits per heavy atom. The topological polar surface area (TPSA) is 21.3 Å². The molecule has 0 heterocycles. The molecule has 0 saturated heterocycles. The van der Waals surface area contributed by atoms with Gasteiger partial charge in [-0.05, 0) is 44.0 Å². The molecule has 0 radical (unpaired) electrons. The van der Waals surface area contributed by atoms with Crippen molar-refractivity contribution in [3.05, 3.63) is 34.9 Å². The van der Waals surface area contributed by atoms with Crippen LogP contribution in [0.5, 0.6) is 0 Å². The van der Waals surface area contributed by atoms with Crippen LogP contribution in [0.25, 0.3) is 0 Å². The van der Waals surface area contributed by atoms with Crippen molar-refractivity contribution in [1.29, 1.82) is 0 Å². The highest BCUT2D eigenvalue weighted by molar-refractivity contribution is 6.30. The first-order chi connectivity index (χ1) is 9.21. The summed E-state index contributed by atoms with van der Waals surface area (Å²) in [5.74, 6) is 0. The van der Waals surface area contributed by atoms with Gasteiger partial charge < -0.3 is 10.1 Å². The molecule has 19 heavy (non-hydrogen) atoms. The third-order valence-corrected chi connectivity index (χ3v) is 3.49. The number of ether oxygens (including phenoxy) is 1. The Balaban J connectivity index is 2.71. The first-order valence-corrected chi connectivity index (χ1v) is 7.68. The molecule has 0 saturated carbocycles. The van der Waals surface area contributed by atoms with E-state index in [4.69, 9.17) is 16.3 Å². The van der Waals surface area contributed by atoms with Gasteiger partial charge in [0.25, 0.3) is 0 Å². The van der Waals surface area contributed by atoms with Crippen LogP contribution in [-0.4, -0.2) is 25.3 Å². The fourth-order valence-corrected chi connectivity index (χ4v) is 2.50. The van der Waals surface area contributed by atoms with Crippen LogP contribution in [-0.2, 0) is 11.2 Å². The zero-order valence-electron chi connectivity index (χ0n) is 12.3. The minimum atomic E-state index is 0.283. The molecule has 108 valence electrons. The Kier molecular flexibility index (Phi) is 8.11. The average molecular weight is 284 g/mol. The van der Waals surface area contributed by atoms with Crippen LogP contribution in [0.2, 0.25) is 5.02 Å². The molecular formula is C16H26ClNO. The number of likely N-dealkylation sites (N-methyl/N-ethyl adjacent to an activating group) is 1. The van der Waals surface area contributed by atoms with Crippen LogP contribution < -0.4 is 5.32 Å². The lowest BCUT2D eigenvalue weighted by atomic mass is 9.98. The normalized spacial score (nSPS) is 14.3. The van der Waals surface area contributed by atoms with Gasteiger partial charge in [-0.3, -0.25) is 0 Å². The van der Waals surface area contributed by atoms with Gasteiger partial charge in [0, 0.05) is 17.7 Å². The van der Waals surface area contributed by atoms with Gasteiger partial charge in [-0.15, -0.1) is 0 Å². The van der Waals surface area contributed by atoms with Crippen LogP contribution >= 0.6 is 11.6 Å². The average Bonchev–Trinajstić information content (AvgIpc) is 2.40. The van der Waals surface area contributed by atoms with Gasteiger partial charge >= 0.3 is 0 Å². The Hall–Kier alpha value is -0.570. The molecule has 0 aliphatic carbocycles. The van der Waals surface area contributed by atoms with Gasteiger partial charge in [0.15, 0.2) is 0 Å². The molecular weight excluding hydrogens is 258 g/mol. The minimum Gasteiger partial charge on any atom is -0.377 e. The molecule has 0 fully saturated rings. The molecule has 0 aromatic heterocycles. The lowest BCUT2D eigenvalue weighted by Gasteiger charge is -2.27. The van der Waals surface area contributed by atoms with E-state index in [1.54, 1.807) is 0 Å². The summed E-state index contributed by atoms with van der Waals surface area (Å²) in [6.45, 7) is 8.15. The molecule has 0 spiro atoms. The maximum absolute atomic E-state index is 5.93. The molecule has 2 nitrogen and oxygen atoms in total. The SMILES string of the molecule is CCCC(OCC)C(Cc1ccc(Cl)cc1)NCC. The molecule has 2 unspecified atom stereocenters. The van der Waals surface area contributed by atoms with E-state index in [1.807, 2.05) is 12.1 Å². The van der Waals surface area contributed by atoms with E-state index in [0.29, 0.717) is 6.04 Å². The maximum Gasteiger partial charge on any atom is 0.0731 e. The van der Waals surface area contributed by atoms with Crippen molar-refractivity contribution in [3.8, 4) is 0 Å². The van der Waals surface area contributed by atoms with E-state index in [2.05, 4.69) is 38.2 Å². The van der Waals surface area contributed by atoms with E-state index in [0.717, 1.165) is 37.4 Å². The summed E-state index contributed by atoms with van der Waals surface area (Å²) in [5.41, 5.74) is 1.30. The van der Waals surface area contributed by atoms with Gasteiger partial charge in [0.05, 0.1) is 6.10 Å². The highest BCUT2D eigenvalue weighted by Crippen LogP contribution is 2.15. The maximum atomic E-state index is 5.93. The molecule has 2 atom stereocenters. The van der Waals surface area contributed by atoms with Crippen LogP contribution in [0.4, 0.5) is 0 Å². The van der Waals surface area contributed by atoms with Crippen molar-refractivity contribution in [1.82, 2.24) is 5.32 Å². The van der Waals surface area contributed by atoms with E-state index in [1.165, 1.54) is 5.56 Å². The summed E-state index contributed by atoms with van der Waals surface area (Å²) in [6.07, 6.45) is 3.51. The molecule has 1 rings (SSSR count). The van der Waals surface area contributed by atoms with Gasteiger partial charge in [-0.2, -0.15) is 0 Å². The number of rotatable bonds is 9. The van der Waals surface area contributed by atoms with Gasteiger partial charge in [-0.25, -0.2) is 0 Å². The van der Waals surface area contributed by atoms with Crippen LogP contribution in [0, 0.1) is 0 Å². The van der Waals surface area contributed by atoms with Crippen molar-refractivity contribution in [2.45, 2.75) is 52.2 Å². The van der Waals surface area contributed by atoms with Crippen LogP contribution in [0.1, 0.15) is 39.2 Å². The largest absolute Gasteiger partial charge is 0.377 e. The highest BCUT2D eigenvalue weighted by atomic mass is 35.5. The number of nitrogens with one attached hydrogen (secondary N) is 1. The summed E-state index contributed by atoms with van der Waals surface area (Å²) < 4.78 is 5.90. The molecule has 0 amide bonds. The smallest absolute Gasteiger partial charge is 0.0731 e. The van der Waals surface area contributed by atoms with Crippen molar-refractivity contribution in [2.24, 2.45) is 0 Å². The first kappa shape index (κ1) is 16.5. The monoisotopic (exact) mass is 283 g/mol. The summed E-state index contributed by atoms with van der Waals surface area (Å²) in [5, 5.41) is 4.35. The third-order valence-electron chi connectivity index (χ3n) is 3.24. The van der Waals surface area contributed by atoms with Crippen molar-refractivity contribution in [3.63, 3.8) is 0 Å². The molecule has 3 heteroatoms. The quantitative estimate of drug-likeness (QED) is 0.738. The zero-order valence-corrected chi connectivity index (χ0v) is 13.0. The van der Waals surface area contributed by atoms with E-state index >= 15 is 0 Å². The summed E-state index contributed by atoms with van der Waals surface area (Å²) in [4.78, 5) is 0. The molecule has 0 bridgehead atoms. The number of hydrogen-bond acceptors (Lipinski definition) is 2. The standard InChI is InChI=1S/C16H26ClNO/c1-4-7-16(19-6-3)15(18-5-2)12-13-8-10-14(17)11-9-13/h8-11,15-16,18H,4-7,12H2,1-3H3. The molecule has 0 aliphatic heterocycles. The van der Waals surface area contributed by atoms with Gasteiger partial charge in [0.2, 0.25) is 0 Å². The third kappa shape index (κ3) is 5.94. The van der Waals surface area contributed by atoms with Gasteiger partial charge in [0.1, 0.15) is 0 Å². The highest BCUT2D eigenvalue weighted by Gasteiger charge is 2.20. The van der Waals surface area contributed by atoms with Crippen molar-refractivity contribution >= 4 is 11.6 Å². The second kappa shape index (κ2) is 9.35. The van der Waals surface area contributed by atoms with E-state index < -0.39 is 0 Å². The predicted molar refractivity (Wildman–Crippen MR) is 82.9 cm³/mol. The Morgan fingerprint density at radius 2 is 1.84 bits per heavy atom. The minimum absolute atomic E-state index is 0.283. The van der Waals surface area contributed by atoms with Gasteiger partial charge in [-0.1, -0.05) is 44.0 Å². The molecule has 1 aromatic carbocycles. The zero-order chi connectivity index (χ0) is 14.1. The first-order valence-electron chi connectivity index (χ1n) is 7.30. The fraction of sp³-hybridized carbons (Fsp3) is 0.625. The predicted octanol–water partition coefficient (Wildman–Crippen LogP) is 4.07. The van der Waals surface area contributed by atoms with E-state index in [-0.39, 0.29) is 6.10 Å². The molecule has 1 aromatic rings. The second-order valence-corrected chi connectivity index (χ2v) is 5.21. The van der Waals surface area contributed by atoms with E-state index in [9.17, 15) is 0 Å². The van der Waals surface area contributed by atoms with Crippen LogP contribution in [0.3, 0.4) is 0 Å². The number of hydrogen-bond donors (Lipinski definition) is 1. The molecule has 0 aliphatic rings. The Labute approximate surface area is 122 Å². The Bertz CT molecular complexity index is 333. The second-order valence-electron chi connectivity index (χ2n) is 4.78. The van der Waals surface area contributed by atoms with Crippen molar-refractivity contribution < 1.29 is 4.74 Å². The summed E-state index contributed by atoms with van der Waals surface area (Å²) >= 11 is 5.93. The number of benzene rings is 1. The summed E-state index contributed by atoms with van der Waals surface area (Å²) in [6, 6.07) is 8.47. The lowest BCUT2D eigenvalue weighted by Crippen LogP contribution is -2.43. The Morgan fingerprint density at radius 1 is 1.16 bits per heavy atom. The fourth-order valence-electron chi connectivity index (χ4n) is 2.37. The molecule has 1 N–H and O–H groups in total. The van der Waals surface area contributed by atoms with Crippen LogP contribution in [0.15, 0.2) is 24.3 Å².